The van der Waals surface area contributed by atoms with E-state index in [9.17, 15) is 9.90 Å². The number of aromatic carboxylic acids is 1. The van der Waals surface area contributed by atoms with Crippen LogP contribution in [0.3, 0.4) is 0 Å². The minimum atomic E-state index is -1.15. The number of benzene rings is 1. The molecule has 0 spiro atoms. The van der Waals surface area contributed by atoms with E-state index >= 15 is 0 Å². The Hall–Kier alpha value is 0.126. The average Bonchev–Trinajstić information content (AvgIpc) is 2.24. The zero-order valence-electron chi connectivity index (χ0n) is 10.5. The van der Waals surface area contributed by atoms with Crippen LogP contribution in [-0.4, -0.2) is 11.1 Å². The molecular weight excluding hydrogens is 243 g/mol. The molecule has 3 nitrogen and oxygen atoms in total. The molecule has 0 atom stereocenters. The molecule has 0 bridgehead atoms. The van der Waals surface area contributed by atoms with Gasteiger partial charge in [-0.25, -0.2) is 4.79 Å². The predicted octanol–water partition coefficient (Wildman–Crippen LogP) is -0.415. The molecule has 0 aliphatic heterocycles. The molecule has 4 heteroatoms. The van der Waals surface area contributed by atoms with E-state index in [0.717, 1.165) is 24.8 Å². The first-order chi connectivity index (χ1) is 7.65. The average molecular weight is 260 g/mol. The van der Waals surface area contributed by atoms with Gasteiger partial charge in [0, 0.05) is 0 Å². The number of carboxylic acid groups (broad SMARTS) is 1. The summed E-state index contributed by atoms with van der Waals surface area (Å²) >= 11 is 0. The Morgan fingerprint density at radius 2 is 2.00 bits per heavy atom. The summed E-state index contributed by atoms with van der Waals surface area (Å²) in [4.78, 5) is 10.6. The summed E-state index contributed by atoms with van der Waals surface area (Å²) in [6.45, 7) is 2.15. The van der Waals surface area contributed by atoms with Crippen LogP contribution in [0, 0.1) is 0 Å². The normalized spacial score (nSPS) is 9.71. The van der Waals surface area contributed by atoms with Gasteiger partial charge in [0.05, 0.1) is 5.56 Å². The van der Waals surface area contributed by atoms with Crippen molar-refractivity contribution in [3.63, 3.8) is 0 Å². The van der Waals surface area contributed by atoms with E-state index in [0.29, 0.717) is 0 Å². The molecule has 0 heterocycles. The van der Waals surface area contributed by atoms with Crippen molar-refractivity contribution >= 4 is 5.97 Å². The molecule has 0 aromatic heterocycles. The summed E-state index contributed by atoms with van der Waals surface area (Å²) in [7, 11) is 0. The summed E-state index contributed by atoms with van der Waals surface area (Å²) in [5.74, 6) is -1.54. The molecule has 1 aromatic rings. The maximum absolute atomic E-state index is 11.4. The molecule has 1 rings (SSSR count). The van der Waals surface area contributed by atoms with Crippen LogP contribution in [0.25, 0.3) is 0 Å². The van der Waals surface area contributed by atoms with Crippen molar-refractivity contribution in [3.8, 4) is 5.75 Å². The molecule has 88 valence electrons. The molecule has 0 aliphatic rings. The van der Waals surface area contributed by atoms with Crippen molar-refractivity contribution in [1.82, 2.24) is 0 Å². The second-order valence-corrected chi connectivity index (χ2v) is 3.95. The molecule has 0 fully saturated rings. The quantitative estimate of drug-likeness (QED) is 0.558. The Kier molecular flexibility index (Phi) is 9.18. The van der Waals surface area contributed by atoms with E-state index in [1.54, 1.807) is 6.07 Å². The Bertz CT molecular complexity index is 364. The first-order valence-electron chi connectivity index (χ1n) is 5.68. The van der Waals surface area contributed by atoms with E-state index in [4.69, 9.17) is 5.11 Å². The van der Waals surface area contributed by atoms with E-state index in [1.807, 2.05) is 0 Å². The van der Waals surface area contributed by atoms with Crippen molar-refractivity contribution in [2.45, 2.75) is 39.0 Å². The second kappa shape index (κ2) is 9.11. The number of unbranched alkanes of at least 4 members (excludes halogenated alkanes) is 3. The van der Waals surface area contributed by atoms with Gasteiger partial charge in [-0.2, -0.15) is 0 Å². The standard InChI is InChI=1S/C13H18O3.K/c1-2-3-4-5-6-10-7-8-11(13(15)16)12(14)9-10;/h7-9,14H,2-6H2,1H3,(H,15,16);/q;+1/p-1. The molecule has 17 heavy (non-hydrogen) atoms. The van der Waals surface area contributed by atoms with Gasteiger partial charge >= 0.3 is 57.4 Å². The summed E-state index contributed by atoms with van der Waals surface area (Å²) < 4.78 is 0. The van der Waals surface area contributed by atoms with E-state index in [-0.39, 0.29) is 62.7 Å². The summed E-state index contributed by atoms with van der Waals surface area (Å²) in [5.41, 5.74) is 0.795. The van der Waals surface area contributed by atoms with Crippen LogP contribution in [0.1, 0.15) is 48.5 Å². The van der Waals surface area contributed by atoms with Gasteiger partial charge in [-0.15, -0.1) is 0 Å². The van der Waals surface area contributed by atoms with Crippen molar-refractivity contribution in [1.29, 1.82) is 0 Å². The molecule has 0 aliphatic carbocycles. The second-order valence-electron chi connectivity index (χ2n) is 3.95. The first kappa shape index (κ1) is 17.1. The first-order valence-corrected chi connectivity index (χ1v) is 5.68. The number of hydrogen-bond acceptors (Lipinski definition) is 2. The molecule has 0 amide bonds. The smallest absolute Gasteiger partial charge is 0.872 e. The van der Waals surface area contributed by atoms with Gasteiger partial charge < -0.3 is 10.2 Å². The van der Waals surface area contributed by atoms with E-state index < -0.39 is 5.97 Å². The maximum Gasteiger partial charge on any atom is 1.00 e. The monoisotopic (exact) mass is 260 g/mol. The van der Waals surface area contributed by atoms with Gasteiger partial charge in [0.1, 0.15) is 0 Å². The van der Waals surface area contributed by atoms with Crippen LogP contribution in [0.2, 0.25) is 0 Å². The Morgan fingerprint density at radius 1 is 1.29 bits per heavy atom. The Morgan fingerprint density at radius 3 is 2.53 bits per heavy atom. The molecule has 0 radical (unpaired) electrons. The van der Waals surface area contributed by atoms with Crippen LogP contribution < -0.4 is 56.5 Å². The summed E-state index contributed by atoms with van der Waals surface area (Å²) in [5, 5.41) is 20.1. The molecule has 0 saturated carbocycles. The third kappa shape index (κ3) is 6.02. The number of aryl methyl sites for hydroxylation is 1. The van der Waals surface area contributed by atoms with E-state index in [1.165, 1.54) is 25.0 Å². The largest absolute Gasteiger partial charge is 1.00 e. The third-order valence-electron chi connectivity index (χ3n) is 2.60. The van der Waals surface area contributed by atoms with Gasteiger partial charge in [-0.05, 0) is 24.5 Å². The topological polar surface area (TPSA) is 60.4 Å². The van der Waals surface area contributed by atoms with Gasteiger partial charge in [-0.3, -0.25) is 0 Å². The molecule has 0 saturated heterocycles. The Labute approximate surface area is 145 Å². The fourth-order valence-electron chi connectivity index (χ4n) is 1.65. The van der Waals surface area contributed by atoms with Crippen molar-refractivity contribution in [3.05, 3.63) is 29.3 Å². The van der Waals surface area contributed by atoms with Crippen molar-refractivity contribution in [2.75, 3.05) is 0 Å². The number of hydrogen-bond donors (Lipinski definition) is 1. The molecule has 0 unspecified atom stereocenters. The predicted molar refractivity (Wildman–Crippen MR) is 60.7 cm³/mol. The number of carbonyl (C=O) groups is 1. The molecule has 1 N–H and O–H groups in total. The zero-order chi connectivity index (χ0) is 12.0. The van der Waals surface area contributed by atoms with Crippen LogP contribution in [0.15, 0.2) is 18.2 Å². The van der Waals surface area contributed by atoms with Gasteiger partial charge in [0.2, 0.25) is 0 Å². The van der Waals surface area contributed by atoms with Gasteiger partial charge in [0.15, 0.2) is 0 Å². The summed E-state index contributed by atoms with van der Waals surface area (Å²) in [6.07, 6.45) is 5.46. The van der Waals surface area contributed by atoms with E-state index in [2.05, 4.69) is 6.92 Å². The zero-order valence-corrected chi connectivity index (χ0v) is 13.7. The minimum Gasteiger partial charge on any atom is -0.872 e. The van der Waals surface area contributed by atoms with Crippen molar-refractivity contribution in [2.24, 2.45) is 0 Å². The molecule has 1 aromatic carbocycles. The van der Waals surface area contributed by atoms with Crippen LogP contribution >= 0.6 is 0 Å². The van der Waals surface area contributed by atoms with Crippen LogP contribution in [-0.2, 0) is 6.42 Å². The summed E-state index contributed by atoms with van der Waals surface area (Å²) in [6, 6.07) is 4.58. The van der Waals surface area contributed by atoms with Crippen molar-refractivity contribution < 1.29 is 66.4 Å². The van der Waals surface area contributed by atoms with Gasteiger partial charge in [0.25, 0.3) is 0 Å². The third-order valence-corrected chi connectivity index (χ3v) is 2.60. The number of carboxylic acids is 1. The van der Waals surface area contributed by atoms with Crippen LogP contribution in [0.5, 0.6) is 5.75 Å². The maximum atomic E-state index is 11.4. The fraction of sp³-hybridized carbons (Fsp3) is 0.462. The SMILES string of the molecule is CCCCCCc1ccc(C(=O)O)c([O-])c1.[K+]. The van der Waals surface area contributed by atoms with Gasteiger partial charge in [-0.1, -0.05) is 44.1 Å². The number of rotatable bonds is 6. The van der Waals surface area contributed by atoms with Crippen LogP contribution in [0.4, 0.5) is 0 Å². The Balaban J connectivity index is 0.00000256. The molecular formula is C13H17KO3. The fourth-order valence-corrected chi connectivity index (χ4v) is 1.65. The minimum absolute atomic E-state index is 0.